The van der Waals surface area contributed by atoms with Crippen molar-refractivity contribution < 1.29 is 14.3 Å². The minimum absolute atomic E-state index is 0.187. The van der Waals surface area contributed by atoms with Crippen LogP contribution < -0.4 is 20.1 Å². The van der Waals surface area contributed by atoms with Crippen molar-refractivity contribution in [3.8, 4) is 11.5 Å². The van der Waals surface area contributed by atoms with E-state index in [1.165, 1.54) is 0 Å². The van der Waals surface area contributed by atoms with Crippen LogP contribution in [0, 0.1) is 6.92 Å². The van der Waals surface area contributed by atoms with Gasteiger partial charge in [0.15, 0.2) is 18.1 Å². The van der Waals surface area contributed by atoms with E-state index in [4.69, 9.17) is 44.3 Å². The van der Waals surface area contributed by atoms with Gasteiger partial charge in [0.1, 0.15) is 0 Å². The summed E-state index contributed by atoms with van der Waals surface area (Å²) in [5.41, 5.74) is 3.79. The Labute approximate surface area is 215 Å². The Balaban J connectivity index is 1.57. The molecule has 2 N–H and O–H groups in total. The highest BCUT2D eigenvalue weighted by Crippen LogP contribution is 2.36. The van der Waals surface area contributed by atoms with Gasteiger partial charge >= 0.3 is 0 Å². The van der Waals surface area contributed by atoms with Crippen molar-refractivity contribution in [2.45, 2.75) is 26.8 Å². The summed E-state index contributed by atoms with van der Waals surface area (Å²) < 4.78 is 11.5. The highest BCUT2D eigenvalue weighted by atomic mass is 35.5. The summed E-state index contributed by atoms with van der Waals surface area (Å²) in [4.78, 5) is 12.3. The Morgan fingerprint density at radius 2 is 1.71 bits per heavy atom. The largest absolute Gasteiger partial charge is 0.490 e. The van der Waals surface area contributed by atoms with Crippen molar-refractivity contribution in [1.29, 1.82) is 0 Å². The zero-order valence-electron chi connectivity index (χ0n) is 19.1. The number of anilines is 1. The van der Waals surface area contributed by atoms with E-state index >= 15 is 0 Å². The summed E-state index contributed by atoms with van der Waals surface area (Å²) in [6.45, 7) is 5.42. The van der Waals surface area contributed by atoms with Gasteiger partial charge in [-0.1, -0.05) is 58.6 Å². The van der Waals surface area contributed by atoms with E-state index in [2.05, 4.69) is 10.6 Å². The molecular weight excluding hydrogens is 495 g/mol. The van der Waals surface area contributed by atoms with Crippen LogP contribution in [0.15, 0.2) is 54.6 Å². The van der Waals surface area contributed by atoms with Crippen molar-refractivity contribution in [2.75, 3.05) is 25.1 Å². The summed E-state index contributed by atoms with van der Waals surface area (Å²) in [6, 6.07) is 16.7. The third-order valence-electron chi connectivity index (χ3n) is 4.97. The number of rotatable bonds is 11. The third kappa shape index (κ3) is 7.81. The molecule has 0 saturated carbocycles. The number of nitrogens with one attached hydrogen (secondary N) is 2. The van der Waals surface area contributed by atoms with Crippen LogP contribution in [0.3, 0.4) is 0 Å². The van der Waals surface area contributed by atoms with Gasteiger partial charge < -0.3 is 20.1 Å². The molecule has 0 fully saturated rings. The van der Waals surface area contributed by atoms with E-state index in [0.717, 1.165) is 29.7 Å². The first-order chi connectivity index (χ1) is 16.4. The molecule has 3 aromatic rings. The number of carbonyl (C=O) groups is 1. The van der Waals surface area contributed by atoms with Crippen LogP contribution in [-0.2, 0) is 17.8 Å². The third-order valence-corrected chi connectivity index (χ3v) is 5.84. The molecule has 0 heterocycles. The van der Waals surface area contributed by atoms with Gasteiger partial charge in [-0.2, -0.15) is 0 Å². The normalized spacial score (nSPS) is 10.7. The number of ether oxygens (including phenoxy) is 2. The van der Waals surface area contributed by atoms with Crippen LogP contribution in [0.2, 0.25) is 15.1 Å². The van der Waals surface area contributed by atoms with E-state index in [1.54, 1.807) is 12.1 Å². The fourth-order valence-corrected chi connectivity index (χ4v) is 4.07. The predicted molar refractivity (Wildman–Crippen MR) is 140 cm³/mol. The molecule has 0 saturated heterocycles. The molecule has 0 bridgehead atoms. The van der Waals surface area contributed by atoms with E-state index < -0.39 is 0 Å². The van der Waals surface area contributed by atoms with Gasteiger partial charge in [-0.25, -0.2) is 0 Å². The molecule has 3 rings (SSSR count). The molecule has 0 atom stereocenters. The summed E-state index contributed by atoms with van der Waals surface area (Å²) in [5, 5.41) is 7.84. The zero-order valence-corrected chi connectivity index (χ0v) is 21.4. The van der Waals surface area contributed by atoms with E-state index in [0.29, 0.717) is 45.4 Å². The number of benzene rings is 3. The van der Waals surface area contributed by atoms with Crippen LogP contribution >= 0.6 is 34.8 Å². The van der Waals surface area contributed by atoms with Crippen LogP contribution in [0.5, 0.6) is 11.5 Å². The Morgan fingerprint density at radius 3 is 2.41 bits per heavy atom. The second-order valence-corrected chi connectivity index (χ2v) is 8.95. The van der Waals surface area contributed by atoms with Crippen molar-refractivity contribution in [2.24, 2.45) is 0 Å². The lowest BCUT2D eigenvalue weighted by Crippen LogP contribution is -2.20. The number of hydrogen-bond acceptors (Lipinski definition) is 4. The molecule has 1 amide bonds. The number of hydrogen-bond donors (Lipinski definition) is 2. The second-order valence-electron chi connectivity index (χ2n) is 7.70. The fraction of sp³-hybridized carbons (Fsp3) is 0.269. The Bertz CT molecular complexity index is 1120. The summed E-state index contributed by atoms with van der Waals surface area (Å²) in [6.07, 6.45) is 0.763. The van der Waals surface area contributed by atoms with Gasteiger partial charge in [0.2, 0.25) is 0 Å². The minimum Gasteiger partial charge on any atom is -0.490 e. The molecule has 0 aromatic heterocycles. The smallest absolute Gasteiger partial charge is 0.262 e. The first kappa shape index (κ1) is 26.2. The number of carbonyl (C=O) groups excluding carboxylic acids is 1. The predicted octanol–water partition coefficient (Wildman–Crippen LogP) is 6.70. The molecular formula is C26H27Cl3N2O3. The van der Waals surface area contributed by atoms with Crippen LogP contribution in [-0.4, -0.2) is 25.7 Å². The van der Waals surface area contributed by atoms with Crippen molar-refractivity contribution in [3.63, 3.8) is 0 Å². The van der Waals surface area contributed by atoms with Crippen molar-refractivity contribution >= 4 is 46.4 Å². The topological polar surface area (TPSA) is 59.6 Å². The zero-order chi connectivity index (χ0) is 24.5. The van der Waals surface area contributed by atoms with Crippen LogP contribution in [0.25, 0.3) is 0 Å². The van der Waals surface area contributed by atoms with Crippen molar-refractivity contribution in [3.05, 3.63) is 86.4 Å². The molecule has 0 aliphatic heterocycles. The number of halogens is 3. The summed E-state index contributed by atoms with van der Waals surface area (Å²) in [7, 11) is 0. The summed E-state index contributed by atoms with van der Waals surface area (Å²) in [5.74, 6) is 0.559. The Hall–Kier alpha value is -2.44. The van der Waals surface area contributed by atoms with Gasteiger partial charge in [0.05, 0.1) is 11.6 Å². The number of aryl methyl sites for hydroxylation is 1. The molecule has 34 heavy (non-hydrogen) atoms. The lowest BCUT2D eigenvalue weighted by atomic mass is 10.1. The molecule has 8 heteroatoms. The Morgan fingerprint density at radius 1 is 0.941 bits per heavy atom. The summed E-state index contributed by atoms with van der Waals surface area (Å²) >= 11 is 18.7. The molecule has 0 radical (unpaired) electrons. The van der Waals surface area contributed by atoms with Gasteiger partial charge in [-0.05, 0) is 74.3 Å². The first-order valence-electron chi connectivity index (χ1n) is 10.9. The van der Waals surface area contributed by atoms with Gasteiger partial charge in [-0.15, -0.1) is 0 Å². The fourth-order valence-electron chi connectivity index (χ4n) is 3.28. The molecule has 0 aliphatic rings. The second kappa shape index (κ2) is 12.9. The maximum absolute atomic E-state index is 12.3. The van der Waals surface area contributed by atoms with Gasteiger partial charge in [-0.3, -0.25) is 4.79 Å². The van der Waals surface area contributed by atoms with E-state index in [9.17, 15) is 4.79 Å². The molecule has 0 aliphatic carbocycles. The lowest BCUT2D eigenvalue weighted by Gasteiger charge is -2.16. The monoisotopic (exact) mass is 520 g/mol. The number of amides is 1. The molecule has 3 aromatic carbocycles. The lowest BCUT2D eigenvalue weighted by molar-refractivity contribution is -0.118. The van der Waals surface area contributed by atoms with E-state index in [-0.39, 0.29) is 12.5 Å². The first-order valence-corrected chi connectivity index (χ1v) is 12.1. The van der Waals surface area contributed by atoms with Crippen LogP contribution in [0.1, 0.15) is 23.6 Å². The SMILES string of the molecule is CCOc1cc(CNCCc2ccc(Cl)cc2Cl)cc(Cl)c1OCC(=O)Nc1ccc(C)cc1. The average Bonchev–Trinajstić information content (AvgIpc) is 2.79. The highest BCUT2D eigenvalue weighted by molar-refractivity contribution is 6.35. The van der Waals surface area contributed by atoms with Crippen molar-refractivity contribution in [1.82, 2.24) is 5.32 Å². The van der Waals surface area contributed by atoms with Gasteiger partial charge in [0.25, 0.3) is 5.91 Å². The average molecular weight is 522 g/mol. The van der Waals surface area contributed by atoms with E-state index in [1.807, 2.05) is 56.3 Å². The van der Waals surface area contributed by atoms with Gasteiger partial charge in [0, 0.05) is 22.3 Å². The maximum Gasteiger partial charge on any atom is 0.262 e. The van der Waals surface area contributed by atoms with Crippen LogP contribution in [0.4, 0.5) is 5.69 Å². The molecule has 5 nitrogen and oxygen atoms in total. The maximum atomic E-state index is 12.3. The quantitative estimate of drug-likeness (QED) is 0.276. The Kier molecular flexibility index (Phi) is 9.90. The highest BCUT2D eigenvalue weighted by Gasteiger charge is 2.15. The minimum atomic E-state index is -0.283. The molecule has 180 valence electrons. The molecule has 0 unspecified atom stereocenters. The molecule has 0 spiro atoms. The standard InChI is InChI=1S/C26H27Cl3N2O3/c1-3-33-24-13-18(15-30-11-10-19-6-7-20(27)14-22(19)28)12-23(29)26(24)34-16-25(32)31-21-8-4-17(2)5-9-21/h4-9,12-14,30H,3,10-11,15-16H2,1-2H3,(H,31,32).